The van der Waals surface area contributed by atoms with Crippen molar-refractivity contribution < 1.29 is 14.1 Å². The summed E-state index contributed by atoms with van der Waals surface area (Å²) in [7, 11) is 0. The van der Waals surface area contributed by atoms with E-state index in [0.717, 1.165) is 70.5 Å². The van der Waals surface area contributed by atoms with E-state index >= 15 is 0 Å². The molecule has 1 aromatic rings. The SMILES string of the molecule is Cc1cc(CN2CCN(CC(=O)NCC(C)(C)N3CCOCC3)CC2)on1. The number of carbonyl (C=O) groups excluding carboxylic acids is 1. The fraction of sp³-hybridized carbons (Fsp3) is 0.789. The summed E-state index contributed by atoms with van der Waals surface area (Å²) in [5, 5.41) is 7.06. The number of hydrogen-bond donors (Lipinski definition) is 1. The van der Waals surface area contributed by atoms with E-state index in [4.69, 9.17) is 9.26 Å². The molecule has 3 heterocycles. The van der Waals surface area contributed by atoms with Gasteiger partial charge in [0.2, 0.25) is 5.91 Å². The Morgan fingerprint density at radius 2 is 1.81 bits per heavy atom. The lowest BCUT2D eigenvalue weighted by Gasteiger charge is -2.41. The third-order valence-electron chi connectivity index (χ3n) is 5.47. The van der Waals surface area contributed by atoms with Crippen molar-refractivity contribution in [1.82, 2.24) is 25.2 Å². The Bertz CT molecular complexity index is 604. The van der Waals surface area contributed by atoms with Gasteiger partial charge in [-0.25, -0.2) is 0 Å². The summed E-state index contributed by atoms with van der Waals surface area (Å²) in [4.78, 5) is 19.3. The summed E-state index contributed by atoms with van der Waals surface area (Å²) in [5.74, 6) is 1.01. The van der Waals surface area contributed by atoms with Crippen molar-refractivity contribution in [2.45, 2.75) is 32.9 Å². The minimum atomic E-state index is -0.0483. The van der Waals surface area contributed by atoms with Gasteiger partial charge in [-0.05, 0) is 20.8 Å². The highest BCUT2D eigenvalue weighted by molar-refractivity contribution is 5.78. The Hall–Kier alpha value is -1.48. The topological polar surface area (TPSA) is 74.1 Å². The Balaban J connectivity index is 1.35. The fourth-order valence-electron chi connectivity index (χ4n) is 3.67. The van der Waals surface area contributed by atoms with Crippen LogP contribution < -0.4 is 5.32 Å². The highest BCUT2D eigenvalue weighted by atomic mass is 16.5. The summed E-state index contributed by atoms with van der Waals surface area (Å²) in [6, 6.07) is 1.98. The van der Waals surface area contributed by atoms with Gasteiger partial charge in [-0.3, -0.25) is 19.5 Å². The molecule has 0 bridgehead atoms. The van der Waals surface area contributed by atoms with Crippen LogP contribution in [0.15, 0.2) is 10.6 Å². The molecule has 8 nitrogen and oxygen atoms in total. The fourth-order valence-corrected chi connectivity index (χ4v) is 3.67. The van der Waals surface area contributed by atoms with Gasteiger partial charge in [0.05, 0.1) is 32.0 Å². The molecule has 3 rings (SSSR count). The first-order valence-electron chi connectivity index (χ1n) is 9.89. The van der Waals surface area contributed by atoms with Crippen LogP contribution in [0.4, 0.5) is 0 Å². The van der Waals surface area contributed by atoms with E-state index < -0.39 is 0 Å². The van der Waals surface area contributed by atoms with Crippen LogP contribution in [0.2, 0.25) is 0 Å². The van der Waals surface area contributed by atoms with Gasteiger partial charge in [0.25, 0.3) is 0 Å². The maximum Gasteiger partial charge on any atom is 0.234 e. The molecule has 0 aliphatic carbocycles. The number of hydrogen-bond acceptors (Lipinski definition) is 7. The maximum atomic E-state index is 12.4. The lowest BCUT2D eigenvalue weighted by atomic mass is 10.0. The van der Waals surface area contributed by atoms with Crippen molar-refractivity contribution >= 4 is 5.91 Å². The molecule has 0 atom stereocenters. The van der Waals surface area contributed by atoms with E-state index in [1.807, 2.05) is 13.0 Å². The normalized spacial score (nSPS) is 20.7. The summed E-state index contributed by atoms with van der Waals surface area (Å²) in [6.07, 6.45) is 0. The number of rotatable bonds is 7. The molecular formula is C19H33N5O3. The molecule has 0 spiro atoms. The van der Waals surface area contributed by atoms with Crippen LogP contribution >= 0.6 is 0 Å². The Kier molecular flexibility index (Phi) is 6.86. The molecule has 0 radical (unpaired) electrons. The first-order chi connectivity index (χ1) is 12.9. The van der Waals surface area contributed by atoms with E-state index in [9.17, 15) is 4.79 Å². The molecule has 27 heavy (non-hydrogen) atoms. The monoisotopic (exact) mass is 379 g/mol. The number of carbonyl (C=O) groups is 1. The molecule has 0 unspecified atom stereocenters. The average Bonchev–Trinajstić information content (AvgIpc) is 3.07. The van der Waals surface area contributed by atoms with Gasteiger partial charge in [-0.15, -0.1) is 0 Å². The number of nitrogens with zero attached hydrogens (tertiary/aromatic N) is 4. The minimum absolute atomic E-state index is 0.0483. The molecule has 2 aliphatic rings. The van der Waals surface area contributed by atoms with Crippen LogP contribution in [0.1, 0.15) is 25.3 Å². The first kappa shape index (κ1) is 20.3. The third-order valence-corrected chi connectivity index (χ3v) is 5.47. The second-order valence-electron chi connectivity index (χ2n) is 8.18. The minimum Gasteiger partial charge on any atom is -0.379 e. The third kappa shape index (κ3) is 6.00. The molecule has 0 aromatic carbocycles. The van der Waals surface area contributed by atoms with Gasteiger partial charge in [-0.2, -0.15) is 0 Å². The summed E-state index contributed by atoms with van der Waals surface area (Å²) in [6.45, 7) is 15.3. The largest absolute Gasteiger partial charge is 0.379 e. The van der Waals surface area contributed by atoms with E-state index in [1.54, 1.807) is 0 Å². The molecule has 2 saturated heterocycles. The van der Waals surface area contributed by atoms with Crippen molar-refractivity contribution in [3.8, 4) is 0 Å². The molecule has 0 saturated carbocycles. The first-order valence-corrected chi connectivity index (χ1v) is 9.89. The van der Waals surface area contributed by atoms with Crippen molar-refractivity contribution in [3.63, 3.8) is 0 Å². The molecule has 1 N–H and O–H groups in total. The highest BCUT2D eigenvalue weighted by Crippen LogP contribution is 2.15. The molecular weight excluding hydrogens is 346 g/mol. The number of aromatic nitrogens is 1. The summed E-state index contributed by atoms with van der Waals surface area (Å²) in [5.41, 5.74) is 0.869. The van der Waals surface area contributed by atoms with Gasteiger partial charge in [-0.1, -0.05) is 5.16 Å². The number of amides is 1. The van der Waals surface area contributed by atoms with Gasteiger partial charge in [0.15, 0.2) is 5.76 Å². The van der Waals surface area contributed by atoms with E-state index in [0.29, 0.717) is 13.1 Å². The summed E-state index contributed by atoms with van der Waals surface area (Å²) >= 11 is 0. The zero-order chi connectivity index (χ0) is 19.3. The zero-order valence-corrected chi connectivity index (χ0v) is 16.9. The number of ether oxygens (including phenoxy) is 1. The van der Waals surface area contributed by atoms with Crippen LogP contribution in [-0.2, 0) is 16.1 Å². The van der Waals surface area contributed by atoms with Gasteiger partial charge >= 0.3 is 0 Å². The van der Waals surface area contributed by atoms with Crippen molar-refractivity contribution in [2.24, 2.45) is 0 Å². The van der Waals surface area contributed by atoms with E-state index in [-0.39, 0.29) is 11.4 Å². The molecule has 2 fully saturated rings. The standard InChI is InChI=1S/C19H33N5O3/c1-16-12-17(27-21-16)13-22-4-6-23(7-5-22)14-18(25)20-15-19(2,3)24-8-10-26-11-9-24/h12H,4-11,13-15H2,1-3H3,(H,20,25). The number of morpholine rings is 1. The van der Waals surface area contributed by atoms with Crippen molar-refractivity contribution in [3.05, 3.63) is 17.5 Å². The van der Waals surface area contributed by atoms with E-state index in [2.05, 4.69) is 39.0 Å². The van der Waals surface area contributed by atoms with Crippen LogP contribution in [0.3, 0.4) is 0 Å². The molecule has 1 aromatic heterocycles. The smallest absolute Gasteiger partial charge is 0.234 e. The lowest BCUT2D eigenvalue weighted by molar-refractivity contribution is -0.123. The summed E-state index contributed by atoms with van der Waals surface area (Å²) < 4.78 is 10.7. The van der Waals surface area contributed by atoms with Crippen molar-refractivity contribution in [1.29, 1.82) is 0 Å². The molecule has 152 valence electrons. The quantitative estimate of drug-likeness (QED) is 0.732. The van der Waals surface area contributed by atoms with Crippen molar-refractivity contribution in [2.75, 3.05) is 65.6 Å². The molecule has 2 aliphatic heterocycles. The van der Waals surface area contributed by atoms with Crippen LogP contribution in [0, 0.1) is 6.92 Å². The second-order valence-corrected chi connectivity index (χ2v) is 8.18. The number of aryl methyl sites for hydroxylation is 1. The van der Waals surface area contributed by atoms with Gasteiger partial charge in [0, 0.05) is 57.4 Å². The Labute approximate surface area is 161 Å². The Morgan fingerprint density at radius 3 is 2.44 bits per heavy atom. The van der Waals surface area contributed by atoms with Crippen LogP contribution in [0.25, 0.3) is 0 Å². The molecule has 1 amide bonds. The second kappa shape index (κ2) is 9.14. The average molecular weight is 380 g/mol. The predicted octanol–water partition coefficient (Wildman–Crippen LogP) is 0.328. The lowest BCUT2D eigenvalue weighted by Crippen LogP contribution is -2.56. The number of nitrogens with one attached hydrogen (secondary N) is 1. The van der Waals surface area contributed by atoms with Gasteiger partial charge < -0.3 is 14.6 Å². The van der Waals surface area contributed by atoms with Gasteiger partial charge in [0.1, 0.15) is 0 Å². The number of piperazine rings is 1. The predicted molar refractivity (Wildman–Crippen MR) is 102 cm³/mol. The van der Waals surface area contributed by atoms with Crippen LogP contribution in [0.5, 0.6) is 0 Å². The highest BCUT2D eigenvalue weighted by Gasteiger charge is 2.29. The van der Waals surface area contributed by atoms with Crippen LogP contribution in [-0.4, -0.2) is 96.9 Å². The maximum absolute atomic E-state index is 12.4. The van der Waals surface area contributed by atoms with E-state index in [1.165, 1.54) is 0 Å². The zero-order valence-electron chi connectivity index (χ0n) is 16.9. The Morgan fingerprint density at radius 1 is 1.15 bits per heavy atom. The molecule has 8 heteroatoms.